The molecule has 1 aromatic heterocycles. The van der Waals surface area contributed by atoms with Crippen LogP contribution in [0.5, 0.6) is 17.2 Å². The zero-order valence-electron chi connectivity index (χ0n) is 30.2. The van der Waals surface area contributed by atoms with Crippen molar-refractivity contribution in [2.24, 2.45) is 11.8 Å². The Labute approximate surface area is 292 Å². The van der Waals surface area contributed by atoms with E-state index in [0.29, 0.717) is 13.1 Å². The van der Waals surface area contributed by atoms with E-state index in [1.165, 1.54) is 30.3 Å². The first kappa shape index (κ1) is 38.4. The largest absolute Gasteiger partial charge is 0.453 e. The molecule has 1 heterocycles. The Hall–Kier alpha value is -4.37. The molecule has 3 aromatic carbocycles. The Morgan fingerprint density at radius 3 is 2.06 bits per heavy atom. The zero-order chi connectivity index (χ0) is 36.8. The number of carbonyl (C=O) groups excluding carboxylic acids is 1. The standard InChI is InChI=1S/C41H48F3NO5/c1-9-10-28-13-18-31(19-14-28)48-38-36(47)32-20-21-34(49-35(46)22-15-29-11-16-30(17-12-29)40(6,7)8)33(37(32)50-39(38)41(42,43)44)25-45(23-26(2)3)24-27(4)5/h11-22,26-27H,9-10,23-25H2,1-8H3/b22-15+. The van der Waals surface area contributed by atoms with Crippen LogP contribution >= 0.6 is 0 Å². The second kappa shape index (κ2) is 16.1. The number of ether oxygens (including phenoxy) is 2. The van der Waals surface area contributed by atoms with Crippen molar-refractivity contribution >= 4 is 23.0 Å². The molecule has 50 heavy (non-hydrogen) atoms. The summed E-state index contributed by atoms with van der Waals surface area (Å²) >= 11 is 0. The van der Waals surface area contributed by atoms with E-state index in [1.54, 1.807) is 18.2 Å². The number of carbonyl (C=O) groups is 1. The van der Waals surface area contributed by atoms with Gasteiger partial charge in [0.05, 0.1) is 10.9 Å². The molecule has 0 amide bonds. The van der Waals surface area contributed by atoms with Crippen LogP contribution < -0.4 is 14.9 Å². The second-order valence-corrected chi connectivity index (χ2v) is 14.6. The van der Waals surface area contributed by atoms with E-state index in [-0.39, 0.29) is 51.8 Å². The number of aryl methyl sites for hydroxylation is 1. The van der Waals surface area contributed by atoms with E-state index in [4.69, 9.17) is 13.9 Å². The predicted octanol–water partition coefficient (Wildman–Crippen LogP) is 10.6. The molecule has 0 aliphatic rings. The average Bonchev–Trinajstić information content (AvgIpc) is 3.02. The smallest absolute Gasteiger partial charge is 0.449 e. The van der Waals surface area contributed by atoms with Crippen molar-refractivity contribution in [2.75, 3.05) is 13.1 Å². The van der Waals surface area contributed by atoms with Crippen LogP contribution in [0.15, 0.2) is 76.0 Å². The van der Waals surface area contributed by atoms with E-state index in [9.17, 15) is 22.8 Å². The van der Waals surface area contributed by atoms with Gasteiger partial charge >= 0.3 is 12.1 Å². The molecule has 0 saturated carbocycles. The van der Waals surface area contributed by atoms with Crippen LogP contribution in [0.4, 0.5) is 13.2 Å². The van der Waals surface area contributed by atoms with Crippen molar-refractivity contribution in [3.8, 4) is 17.2 Å². The number of hydrogen-bond donors (Lipinski definition) is 0. The minimum absolute atomic E-state index is 0.00389. The Morgan fingerprint density at radius 2 is 1.52 bits per heavy atom. The molecule has 0 unspecified atom stereocenters. The van der Waals surface area contributed by atoms with Crippen molar-refractivity contribution in [3.05, 3.63) is 105 Å². The highest BCUT2D eigenvalue weighted by Crippen LogP contribution is 2.40. The number of fused-ring (bicyclic) bond motifs is 1. The van der Waals surface area contributed by atoms with Gasteiger partial charge in [-0.15, -0.1) is 0 Å². The molecule has 0 aliphatic heterocycles. The summed E-state index contributed by atoms with van der Waals surface area (Å²) in [5.41, 5.74) is 1.77. The Bertz CT molecular complexity index is 1840. The van der Waals surface area contributed by atoms with Crippen LogP contribution in [0.3, 0.4) is 0 Å². The molecule has 0 aliphatic carbocycles. The molecule has 0 N–H and O–H groups in total. The first-order chi connectivity index (χ1) is 23.5. The minimum Gasteiger partial charge on any atom is -0.449 e. The van der Waals surface area contributed by atoms with Crippen LogP contribution in [0.1, 0.15) is 89.8 Å². The second-order valence-electron chi connectivity index (χ2n) is 14.6. The first-order valence-electron chi connectivity index (χ1n) is 17.2. The molecule has 268 valence electrons. The summed E-state index contributed by atoms with van der Waals surface area (Å²) in [4.78, 5) is 29.0. The number of esters is 1. The minimum atomic E-state index is -5.06. The molecular weight excluding hydrogens is 643 g/mol. The number of benzene rings is 3. The lowest BCUT2D eigenvalue weighted by Gasteiger charge is -2.27. The van der Waals surface area contributed by atoms with Crippen molar-refractivity contribution in [2.45, 2.75) is 86.4 Å². The molecule has 4 rings (SSSR count). The predicted molar refractivity (Wildman–Crippen MR) is 193 cm³/mol. The van der Waals surface area contributed by atoms with Crippen LogP contribution in [-0.4, -0.2) is 24.0 Å². The Morgan fingerprint density at radius 1 is 0.900 bits per heavy atom. The Kier molecular flexibility index (Phi) is 12.4. The SMILES string of the molecule is CCCc1ccc(Oc2c(C(F)(F)F)oc3c(CN(CC(C)C)CC(C)C)c(OC(=O)/C=C/c4ccc(C(C)(C)C)cc4)ccc3c2=O)cc1. The van der Waals surface area contributed by atoms with Gasteiger partial charge in [0.2, 0.25) is 11.2 Å². The van der Waals surface area contributed by atoms with Gasteiger partial charge in [0.25, 0.3) is 5.76 Å². The van der Waals surface area contributed by atoms with Gasteiger partial charge in [-0.25, -0.2) is 4.79 Å². The molecule has 0 radical (unpaired) electrons. The van der Waals surface area contributed by atoms with Crippen LogP contribution in [0.2, 0.25) is 0 Å². The lowest BCUT2D eigenvalue weighted by atomic mass is 9.87. The molecule has 0 atom stereocenters. The average molecular weight is 692 g/mol. The van der Waals surface area contributed by atoms with Crippen LogP contribution in [-0.2, 0) is 29.4 Å². The number of nitrogens with zero attached hydrogens (tertiary/aromatic N) is 1. The summed E-state index contributed by atoms with van der Waals surface area (Å²) in [5.74, 6) is -2.71. The maximum Gasteiger partial charge on any atom is 0.453 e. The van der Waals surface area contributed by atoms with E-state index in [1.807, 2.05) is 58.9 Å². The van der Waals surface area contributed by atoms with Crippen molar-refractivity contribution in [1.82, 2.24) is 4.90 Å². The summed E-state index contributed by atoms with van der Waals surface area (Å²) in [6.45, 7) is 17.8. The van der Waals surface area contributed by atoms with Gasteiger partial charge < -0.3 is 13.9 Å². The molecular formula is C41H48F3NO5. The summed E-state index contributed by atoms with van der Waals surface area (Å²) in [6.07, 6.45) is -0.484. The normalized spacial score (nSPS) is 12.5. The van der Waals surface area contributed by atoms with Gasteiger partial charge in [-0.2, -0.15) is 13.2 Å². The number of rotatable bonds is 13. The maximum atomic E-state index is 14.6. The van der Waals surface area contributed by atoms with E-state index >= 15 is 0 Å². The Balaban J connectivity index is 1.81. The number of halogens is 3. The summed E-state index contributed by atoms with van der Waals surface area (Å²) in [6, 6.07) is 17.1. The monoisotopic (exact) mass is 691 g/mol. The van der Waals surface area contributed by atoms with E-state index in [2.05, 4.69) is 25.7 Å². The summed E-state index contributed by atoms with van der Waals surface area (Å²) < 4.78 is 60.8. The molecule has 0 bridgehead atoms. The van der Waals surface area contributed by atoms with Gasteiger partial charge in [-0.3, -0.25) is 9.69 Å². The molecule has 6 nitrogen and oxygen atoms in total. The zero-order valence-corrected chi connectivity index (χ0v) is 30.2. The lowest BCUT2D eigenvalue weighted by Crippen LogP contribution is -2.31. The number of alkyl halides is 3. The van der Waals surface area contributed by atoms with Gasteiger partial charge in [0.15, 0.2) is 0 Å². The van der Waals surface area contributed by atoms with E-state index in [0.717, 1.165) is 29.5 Å². The van der Waals surface area contributed by atoms with Crippen LogP contribution in [0, 0.1) is 11.8 Å². The van der Waals surface area contributed by atoms with Gasteiger partial charge in [-0.1, -0.05) is 98.2 Å². The fourth-order valence-electron chi connectivity index (χ4n) is 5.80. The third kappa shape index (κ3) is 10.1. The maximum absolute atomic E-state index is 14.6. The molecule has 9 heteroatoms. The third-order valence-corrected chi connectivity index (χ3v) is 8.05. The summed E-state index contributed by atoms with van der Waals surface area (Å²) in [7, 11) is 0. The fraction of sp³-hybridized carbons (Fsp3) is 0.415. The molecule has 0 saturated heterocycles. The number of hydrogen-bond acceptors (Lipinski definition) is 6. The van der Waals surface area contributed by atoms with Crippen molar-refractivity contribution < 1.29 is 31.9 Å². The highest BCUT2D eigenvalue weighted by Gasteiger charge is 2.41. The van der Waals surface area contributed by atoms with Gasteiger partial charge in [-0.05, 0) is 70.7 Å². The first-order valence-corrected chi connectivity index (χ1v) is 17.2. The van der Waals surface area contributed by atoms with Gasteiger partial charge in [0, 0.05) is 25.7 Å². The molecule has 0 fully saturated rings. The summed E-state index contributed by atoms with van der Waals surface area (Å²) in [5, 5.41) is -0.117. The van der Waals surface area contributed by atoms with Crippen LogP contribution in [0.25, 0.3) is 17.0 Å². The quantitative estimate of drug-likeness (QED) is 0.0790. The molecule has 4 aromatic rings. The highest BCUT2D eigenvalue weighted by molar-refractivity contribution is 5.90. The highest BCUT2D eigenvalue weighted by atomic mass is 19.4. The van der Waals surface area contributed by atoms with E-state index < -0.39 is 29.1 Å². The lowest BCUT2D eigenvalue weighted by molar-refractivity contribution is -0.154. The topological polar surface area (TPSA) is 69.0 Å². The van der Waals surface area contributed by atoms with Crippen molar-refractivity contribution in [1.29, 1.82) is 0 Å². The van der Waals surface area contributed by atoms with Gasteiger partial charge in [0.1, 0.15) is 17.1 Å². The third-order valence-electron chi connectivity index (χ3n) is 8.05. The van der Waals surface area contributed by atoms with Crippen molar-refractivity contribution in [3.63, 3.8) is 0 Å². The fourth-order valence-corrected chi connectivity index (χ4v) is 5.80. The molecule has 0 spiro atoms.